The summed E-state index contributed by atoms with van der Waals surface area (Å²) in [6.07, 6.45) is 1.98. The van der Waals surface area contributed by atoms with E-state index < -0.39 is 5.97 Å². The predicted octanol–water partition coefficient (Wildman–Crippen LogP) is 2.90. The Bertz CT molecular complexity index is 499. The van der Waals surface area contributed by atoms with Crippen LogP contribution in [0.4, 0.5) is 0 Å². The lowest BCUT2D eigenvalue weighted by Crippen LogP contribution is -2.41. The van der Waals surface area contributed by atoms with E-state index in [2.05, 4.69) is 0 Å². The van der Waals surface area contributed by atoms with Crippen molar-refractivity contribution in [1.82, 2.24) is 4.90 Å². The maximum absolute atomic E-state index is 12.3. The van der Waals surface area contributed by atoms with E-state index >= 15 is 0 Å². The summed E-state index contributed by atoms with van der Waals surface area (Å²) in [7, 11) is 0. The molecule has 1 aromatic rings. The maximum atomic E-state index is 12.3. The molecule has 1 aliphatic rings. The van der Waals surface area contributed by atoms with Crippen LogP contribution in [0.15, 0.2) is 16.5 Å². The summed E-state index contributed by atoms with van der Waals surface area (Å²) >= 11 is 5.68. The highest BCUT2D eigenvalue weighted by Gasteiger charge is 2.29. The third-order valence-electron chi connectivity index (χ3n) is 3.83. The zero-order valence-electron chi connectivity index (χ0n) is 11.3. The summed E-state index contributed by atoms with van der Waals surface area (Å²) < 4.78 is 5.14. The molecule has 0 aromatic carbocycles. The van der Waals surface area contributed by atoms with Crippen molar-refractivity contribution in [2.75, 3.05) is 13.1 Å². The molecular weight excluding hydrogens is 282 g/mol. The molecule has 0 spiro atoms. The van der Waals surface area contributed by atoms with E-state index in [4.69, 9.17) is 21.1 Å². The lowest BCUT2D eigenvalue weighted by Gasteiger charge is -2.35. The second-order valence-corrected chi connectivity index (χ2v) is 5.70. The average molecular weight is 300 g/mol. The molecule has 110 valence electrons. The van der Waals surface area contributed by atoms with Crippen molar-refractivity contribution >= 4 is 23.5 Å². The molecule has 1 amide bonds. The lowest BCUT2D eigenvalue weighted by molar-refractivity contribution is -0.138. The molecule has 20 heavy (non-hydrogen) atoms. The predicted molar refractivity (Wildman–Crippen MR) is 73.8 cm³/mol. The smallest absolute Gasteiger partial charge is 0.303 e. The van der Waals surface area contributed by atoms with Gasteiger partial charge in [0.05, 0.1) is 0 Å². The zero-order valence-corrected chi connectivity index (χ0v) is 12.1. The Morgan fingerprint density at radius 2 is 2.30 bits per heavy atom. The quantitative estimate of drug-likeness (QED) is 0.928. The van der Waals surface area contributed by atoms with Gasteiger partial charge < -0.3 is 14.4 Å². The molecule has 2 heterocycles. The number of rotatable bonds is 4. The van der Waals surface area contributed by atoms with Gasteiger partial charge >= 0.3 is 5.97 Å². The van der Waals surface area contributed by atoms with Crippen molar-refractivity contribution < 1.29 is 19.1 Å². The summed E-state index contributed by atoms with van der Waals surface area (Å²) in [6.45, 7) is 3.18. The third-order valence-corrected chi connectivity index (χ3v) is 4.03. The Hall–Kier alpha value is -1.49. The number of carbonyl (C=O) groups is 2. The van der Waals surface area contributed by atoms with Crippen LogP contribution in [0.1, 0.15) is 36.7 Å². The van der Waals surface area contributed by atoms with E-state index in [1.165, 1.54) is 0 Å². The summed E-state index contributed by atoms with van der Waals surface area (Å²) in [6, 6.07) is 3.11. The fraction of sp³-hybridized carbons (Fsp3) is 0.571. The van der Waals surface area contributed by atoms with Gasteiger partial charge in [0.1, 0.15) is 0 Å². The molecule has 1 aromatic heterocycles. The van der Waals surface area contributed by atoms with E-state index in [0.717, 1.165) is 12.8 Å². The number of nitrogens with zero attached hydrogens (tertiary/aromatic N) is 1. The minimum absolute atomic E-state index is 0.0586. The monoisotopic (exact) mass is 299 g/mol. The first-order valence-corrected chi connectivity index (χ1v) is 7.11. The largest absolute Gasteiger partial charge is 0.481 e. The van der Waals surface area contributed by atoms with Gasteiger partial charge in [0.25, 0.3) is 5.91 Å². The van der Waals surface area contributed by atoms with Crippen molar-refractivity contribution in [3.63, 3.8) is 0 Å². The van der Waals surface area contributed by atoms with E-state index in [9.17, 15) is 9.59 Å². The highest BCUT2D eigenvalue weighted by atomic mass is 35.5. The standard InChI is InChI=1S/C14H18ClNO4/c1-9(7-13(17)18)10-3-2-6-16(8-10)14(19)11-4-5-12(15)20-11/h4-5,9-10H,2-3,6-8H2,1H3,(H,17,18). The zero-order chi connectivity index (χ0) is 14.7. The van der Waals surface area contributed by atoms with E-state index in [1.807, 2.05) is 6.92 Å². The van der Waals surface area contributed by atoms with Gasteiger partial charge in [-0.3, -0.25) is 9.59 Å². The van der Waals surface area contributed by atoms with Gasteiger partial charge in [-0.15, -0.1) is 0 Å². The Morgan fingerprint density at radius 3 is 2.90 bits per heavy atom. The number of piperidine rings is 1. The fourth-order valence-electron chi connectivity index (χ4n) is 2.69. The van der Waals surface area contributed by atoms with Crippen LogP contribution < -0.4 is 0 Å². The summed E-state index contributed by atoms with van der Waals surface area (Å²) in [4.78, 5) is 24.8. The Balaban J connectivity index is 1.99. The lowest BCUT2D eigenvalue weighted by atomic mass is 9.84. The van der Waals surface area contributed by atoms with Crippen LogP contribution in [-0.4, -0.2) is 35.0 Å². The van der Waals surface area contributed by atoms with Gasteiger partial charge in [0, 0.05) is 19.5 Å². The van der Waals surface area contributed by atoms with Crippen molar-refractivity contribution in [1.29, 1.82) is 0 Å². The number of halogens is 1. The van der Waals surface area contributed by atoms with Crippen LogP contribution in [0.25, 0.3) is 0 Å². The van der Waals surface area contributed by atoms with Gasteiger partial charge in [-0.25, -0.2) is 0 Å². The molecule has 0 radical (unpaired) electrons. The minimum atomic E-state index is -0.793. The van der Waals surface area contributed by atoms with Crippen LogP contribution in [0.5, 0.6) is 0 Å². The van der Waals surface area contributed by atoms with E-state index in [1.54, 1.807) is 17.0 Å². The molecule has 1 aliphatic heterocycles. The fourth-order valence-corrected chi connectivity index (χ4v) is 2.83. The molecule has 1 fully saturated rings. The first-order valence-electron chi connectivity index (χ1n) is 6.73. The molecule has 1 saturated heterocycles. The molecular formula is C14H18ClNO4. The van der Waals surface area contributed by atoms with Crippen LogP contribution in [0.2, 0.25) is 5.22 Å². The van der Waals surface area contributed by atoms with E-state index in [0.29, 0.717) is 13.1 Å². The average Bonchev–Trinajstić information content (AvgIpc) is 2.84. The van der Waals surface area contributed by atoms with E-state index in [-0.39, 0.29) is 35.1 Å². The van der Waals surface area contributed by atoms with Crippen LogP contribution in [0, 0.1) is 11.8 Å². The van der Waals surface area contributed by atoms with Crippen molar-refractivity contribution in [2.45, 2.75) is 26.2 Å². The topological polar surface area (TPSA) is 70.8 Å². The summed E-state index contributed by atoms with van der Waals surface area (Å²) in [5.41, 5.74) is 0. The van der Waals surface area contributed by atoms with Gasteiger partial charge in [-0.2, -0.15) is 0 Å². The van der Waals surface area contributed by atoms with Crippen LogP contribution in [0.3, 0.4) is 0 Å². The number of furan rings is 1. The Morgan fingerprint density at radius 1 is 1.55 bits per heavy atom. The molecule has 0 aliphatic carbocycles. The molecule has 0 bridgehead atoms. The number of hydrogen-bond donors (Lipinski definition) is 1. The SMILES string of the molecule is CC(CC(=O)O)C1CCCN(C(=O)c2ccc(Cl)o2)C1. The molecule has 0 saturated carbocycles. The molecule has 5 nitrogen and oxygen atoms in total. The van der Waals surface area contributed by atoms with Crippen molar-refractivity contribution in [3.05, 3.63) is 23.1 Å². The number of carboxylic acids is 1. The minimum Gasteiger partial charge on any atom is -0.481 e. The van der Waals surface area contributed by atoms with Crippen molar-refractivity contribution in [3.8, 4) is 0 Å². The molecule has 2 atom stereocenters. The second-order valence-electron chi connectivity index (χ2n) is 5.33. The number of aliphatic carboxylic acids is 1. The summed E-state index contributed by atoms with van der Waals surface area (Å²) in [5.74, 6) is -0.457. The number of amides is 1. The number of carbonyl (C=O) groups excluding carboxylic acids is 1. The van der Waals surface area contributed by atoms with Crippen LogP contribution in [-0.2, 0) is 4.79 Å². The Kier molecular flexibility index (Phi) is 4.70. The highest BCUT2D eigenvalue weighted by molar-refractivity contribution is 6.29. The maximum Gasteiger partial charge on any atom is 0.303 e. The molecule has 1 N–H and O–H groups in total. The normalized spacial score (nSPS) is 20.7. The summed E-state index contributed by atoms with van der Waals surface area (Å²) in [5, 5.41) is 9.06. The molecule has 2 unspecified atom stereocenters. The van der Waals surface area contributed by atoms with Gasteiger partial charge in [0.15, 0.2) is 11.0 Å². The van der Waals surface area contributed by atoms with Crippen LogP contribution >= 0.6 is 11.6 Å². The molecule has 2 rings (SSSR count). The number of hydrogen-bond acceptors (Lipinski definition) is 3. The highest BCUT2D eigenvalue weighted by Crippen LogP contribution is 2.27. The number of carboxylic acid groups (broad SMARTS) is 1. The first-order chi connectivity index (χ1) is 9.47. The Labute approximate surface area is 122 Å². The second kappa shape index (κ2) is 6.31. The molecule has 6 heteroatoms. The van der Waals surface area contributed by atoms with Crippen molar-refractivity contribution in [2.24, 2.45) is 11.8 Å². The number of likely N-dealkylation sites (tertiary alicyclic amines) is 1. The third kappa shape index (κ3) is 3.54. The van der Waals surface area contributed by atoms with Gasteiger partial charge in [-0.1, -0.05) is 6.92 Å². The first kappa shape index (κ1) is 14.9. The van der Waals surface area contributed by atoms with Gasteiger partial charge in [-0.05, 0) is 48.4 Å². The van der Waals surface area contributed by atoms with Gasteiger partial charge in [0.2, 0.25) is 0 Å².